The van der Waals surface area contributed by atoms with Gasteiger partial charge in [0.25, 0.3) is 0 Å². The van der Waals surface area contributed by atoms with E-state index >= 15 is 0 Å². The monoisotopic (exact) mass is 297 g/mol. The Morgan fingerprint density at radius 3 is 2.55 bits per heavy atom. The smallest absolute Gasteiger partial charge is 0.185 e. The minimum Gasteiger partial charge on any atom is -0.453 e. The second kappa shape index (κ2) is 6.18. The first kappa shape index (κ1) is 14.6. The number of aldehydes is 1. The molecule has 0 radical (unpaired) electrons. The number of hydrogen-bond acceptors (Lipinski definition) is 4. The molecule has 0 spiro atoms. The van der Waals surface area contributed by atoms with Gasteiger partial charge in [-0.05, 0) is 56.5 Å². The summed E-state index contributed by atoms with van der Waals surface area (Å²) in [4.78, 5) is 25.1. The largest absolute Gasteiger partial charge is 0.453 e. The van der Waals surface area contributed by atoms with E-state index in [1.165, 1.54) is 19.3 Å². The van der Waals surface area contributed by atoms with Crippen LogP contribution in [0.2, 0.25) is 0 Å². The number of carbonyl (C=O) groups excluding carboxylic acids is 2. The lowest BCUT2D eigenvalue weighted by molar-refractivity contribution is 0.101. The van der Waals surface area contributed by atoms with Crippen molar-refractivity contribution < 1.29 is 14.0 Å². The number of nitrogens with zero attached hydrogens (tertiary/aromatic N) is 1. The minimum atomic E-state index is -0.00193. The summed E-state index contributed by atoms with van der Waals surface area (Å²) < 4.78 is 5.46. The topological polar surface area (TPSA) is 50.5 Å². The van der Waals surface area contributed by atoms with Gasteiger partial charge in [0.2, 0.25) is 0 Å². The van der Waals surface area contributed by atoms with Crippen LogP contribution in [-0.4, -0.2) is 25.2 Å². The molecule has 4 nitrogen and oxygen atoms in total. The molecular weight excluding hydrogens is 278 g/mol. The van der Waals surface area contributed by atoms with Gasteiger partial charge in [-0.2, -0.15) is 0 Å². The third-order valence-electron chi connectivity index (χ3n) is 4.11. The highest BCUT2D eigenvalue weighted by Gasteiger charge is 2.17. The molecule has 1 saturated heterocycles. The van der Waals surface area contributed by atoms with Crippen LogP contribution < -0.4 is 4.90 Å². The van der Waals surface area contributed by atoms with Crippen LogP contribution in [0.1, 0.15) is 47.1 Å². The molecule has 1 aliphatic heterocycles. The molecule has 0 amide bonds. The number of anilines is 1. The molecule has 0 atom stereocenters. The van der Waals surface area contributed by atoms with Gasteiger partial charge in [-0.3, -0.25) is 9.59 Å². The number of benzene rings is 1. The standard InChI is InChI=1S/C18H19NO3/c1-13(21)17-11-14(19-9-3-2-4-10-19)5-7-16(17)18-8-6-15(12-20)22-18/h5-8,11-12H,2-4,9-10H2,1H3. The summed E-state index contributed by atoms with van der Waals surface area (Å²) in [7, 11) is 0. The molecule has 4 heteroatoms. The molecule has 0 unspecified atom stereocenters. The molecular formula is C18H19NO3. The molecule has 2 heterocycles. The third kappa shape index (κ3) is 2.82. The van der Waals surface area contributed by atoms with E-state index in [9.17, 15) is 9.59 Å². The van der Waals surface area contributed by atoms with E-state index in [0.29, 0.717) is 17.6 Å². The number of Topliss-reactive ketones (excluding diaryl/α,β-unsaturated/α-hetero) is 1. The zero-order valence-electron chi connectivity index (χ0n) is 12.7. The number of piperidine rings is 1. The Bertz CT molecular complexity index is 696. The highest BCUT2D eigenvalue weighted by atomic mass is 16.3. The Kier molecular flexibility index (Phi) is 4.09. The fourth-order valence-electron chi connectivity index (χ4n) is 2.95. The van der Waals surface area contributed by atoms with Gasteiger partial charge in [-0.15, -0.1) is 0 Å². The maximum atomic E-state index is 12.0. The fraction of sp³-hybridized carbons (Fsp3) is 0.333. The highest BCUT2D eigenvalue weighted by molar-refractivity contribution is 6.01. The van der Waals surface area contributed by atoms with Crippen LogP contribution in [0.4, 0.5) is 5.69 Å². The summed E-state index contributed by atoms with van der Waals surface area (Å²) in [6.45, 7) is 3.63. The predicted molar refractivity (Wildman–Crippen MR) is 85.6 cm³/mol. The van der Waals surface area contributed by atoms with Crippen molar-refractivity contribution in [1.29, 1.82) is 0 Å². The first-order chi connectivity index (χ1) is 10.7. The average Bonchev–Trinajstić information content (AvgIpc) is 3.04. The lowest BCUT2D eigenvalue weighted by Gasteiger charge is -2.29. The van der Waals surface area contributed by atoms with Crippen molar-refractivity contribution in [2.75, 3.05) is 18.0 Å². The van der Waals surface area contributed by atoms with Crippen molar-refractivity contribution in [3.8, 4) is 11.3 Å². The van der Waals surface area contributed by atoms with Gasteiger partial charge >= 0.3 is 0 Å². The molecule has 0 N–H and O–H groups in total. The van der Waals surface area contributed by atoms with E-state index in [1.54, 1.807) is 19.1 Å². The SMILES string of the molecule is CC(=O)c1cc(N2CCCCC2)ccc1-c1ccc(C=O)o1. The van der Waals surface area contributed by atoms with Crippen molar-refractivity contribution in [1.82, 2.24) is 0 Å². The Morgan fingerprint density at radius 1 is 1.14 bits per heavy atom. The van der Waals surface area contributed by atoms with Crippen LogP contribution in [0.5, 0.6) is 0 Å². The van der Waals surface area contributed by atoms with Crippen molar-refractivity contribution in [3.05, 3.63) is 41.7 Å². The van der Waals surface area contributed by atoms with E-state index in [-0.39, 0.29) is 11.5 Å². The zero-order chi connectivity index (χ0) is 15.5. The van der Waals surface area contributed by atoms with Crippen LogP contribution in [0.15, 0.2) is 34.7 Å². The second-order valence-electron chi connectivity index (χ2n) is 5.65. The summed E-state index contributed by atoms with van der Waals surface area (Å²) in [5.41, 5.74) is 2.45. The molecule has 2 aromatic rings. The molecule has 22 heavy (non-hydrogen) atoms. The maximum Gasteiger partial charge on any atom is 0.185 e. The van der Waals surface area contributed by atoms with Crippen LogP contribution in [0.25, 0.3) is 11.3 Å². The Morgan fingerprint density at radius 2 is 1.91 bits per heavy atom. The number of ketones is 1. The second-order valence-corrected chi connectivity index (χ2v) is 5.65. The van der Waals surface area contributed by atoms with E-state index in [0.717, 1.165) is 24.3 Å². The molecule has 1 aromatic heterocycles. The average molecular weight is 297 g/mol. The van der Waals surface area contributed by atoms with Gasteiger partial charge in [-0.1, -0.05) is 0 Å². The molecule has 3 rings (SSSR count). The van der Waals surface area contributed by atoms with Gasteiger partial charge in [0.1, 0.15) is 5.76 Å². The van der Waals surface area contributed by atoms with E-state index < -0.39 is 0 Å². The summed E-state index contributed by atoms with van der Waals surface area (Å²) in [5.74, 6) is 0.819. The molecule has 114 valence electrons. The Balaban J connectivity index is 1.99. The minimum absolute atomic E-state index is 0.00193. The van der Waals surface area contributed by atoms with Crippen molar-refractivity contribution in [3.63, 3.8) is 0 Å². The van der Waals surface area contributed by atoms with Crippen LogP contribution >= 0.6 is 0 Å². The molecule has 1 aromatic carbocycles. The van der Waals surface area contributed by atoms with Gasteiger partial charge in [0.15, 0.2) is 17.8 Å². The third-order valence-corrected chi connectivity index (χ3v) is 4.11. The first-order valence-electron chi connectivity index (χ1n) is 7.64. The van der Waals surface area contributed by atoms with Crippen LogP contribution in [0, 0.1) is 0 Å². The van der Waals surface area contributed by atoms with E-state index in [4.69, 9.17) is 4.42 Å². The summed E-state index contributed by atoms with van der Waals surface area (Å²) in [6, 6.07) is 9.22. The zero-order valence-corrected chi connectivity index (χ0v) is 12.7. The molecule has 0 saturated carbocycles. The number of carbonyl (C=O) groups is 2. The lowest BCUT2D eigenvalue weighted by Crippen LogP contribution is -2.29. The van der Waals surface area contributed by atoms with Crippen LogP contribution in [0.3, 0.4) is 0 Å². The van der Waals surface area contributed by atoms with Gasteiger partial charge in [0.05, 0.1) is 0 Å². The Labute approximate surface area is 129 Å². The van der Waals surface area contributed by atoms with Gasteiger partial charge < -0.3 is 9.32 Å². The lowest BCUT2D eigenvalue weighted by atomic mass is 10.00. The van der Waals surface area contributed by atoms with Crippen LogP contribution in [-0.2, 0) is 0 Å². The summed E-state index contributed by atoms with van der Waals surface area (Å²) in [5, 5.41) is 0. The quantitative estimate of drug-likeness (QED) is 0.633. The fourth-order valence-corrected chi connectivity index (χ4v) is 2.95. The normalized spacial score (nSPS) is 14.9. The predicted octanol–water partition coefficient (Wildman–Crippen LogP) is 3.95. The van der Waals surface area contributed by atoms with E-state index in [2.05, 4.69) is 4.90 Å². The van der Waals surface area contributed by atoms with Crippen molar-refractivity contribution >= 4 is 17.8 Å². The Hall–Kier alpha value is -2.36. The number of furan rings is 1. The first-order valence-corrected chi connectivity index (χ1v) is 7.64. The molecule has 1 aliphatic rings. The summed E-state index contributed by atoms with van der Waals surface area (Å²) in [6.07, 6.45) is 4.32. The number of hydrogen-bond donors (Lipinski definition) is 0. The van der Waals surface area contributed by atoms with Gasteiger partial charge in [0, 0.05) is 29.9 Å². The van der Waals surface area contributed by atoms with Crippen molar-refractivity contribution in [2.24, 2.45) is 0 Å². The van der Waals surface area contributed by atoms with Gasteiger partial charge in [-0.25, -0.2) is 0 Å². The van der Waals surface area contributed by atoms with E-state index in [1.807, 2.05) is 18.2 Å². The van der Waals surface area contributed by atoms with Crippen molar-refractivity contribution in [2.45, 2.75) is 26.2 Å². The number of rotatable bonds is 4. The molecule has 0 bridgehead atoms. The molecule has 0 aliphatic carbocycles. The summed E-state index contributed by atoms with van der Waals surface area (Å²) >= 11 is 0. The maximum absolute atomic E-state index is 12.0. The molecule has 1 fully saturated rings. The highest BCUT2D eigenvalue weighted by Crippen LogP contribution is 2.30.